The Bertz CT molecular complexity index is 1570. The predicted molar refractivity (Wildman–Crippen MR) is 149 cm³/mol. The molecule has 0 saturated carbocycles. The summed E-state index contributed by atoms with van der Waals surface area (Å²) in [6.07, 6.45) is -3.81. The van der Waals surface area contributed by atoms with Crippen molar-refractivity contribution in [3.63, 3.8) is 0 Å². The van der Waals surface area contributed by atoms with Crippen LogP contribution in [0.1, 0.15) is 27.0 Å². The average molecular weight is 609 g/mol. The Hall–Kier alpha value is -3.37. The first-order chi connectivity index (χ1) is 19.4. The molecule has 0 spiro atoms. The number of hydrogen-bond acceptors (Lipinski definition) is 11. The number of anilines is 1. The monoisotopic (exact) mass is 608 g/mol. The molecule has 13 nitrogen and oxygen atoms in total. The number of carbonyl (C=O) groups is 1. The van der Waals surface area contributed by atoms with Crippen molar-refractivity contribution in [1.29, 1.82) is 0 Å². The molecule has 1 aliphatic rings. The fourth-order valence-corrected chi connectivity index (χ4v) is 6.37. The largest absolute Gasteiger partial charge is 0.463 e. The number of nitrogens with two attached hydrogens (primary N) is 1. The van der Waals surface area contributed by atoms with E-state index in [0.29, 0.717) is 0 Å². The number of aromatic nitrogens is 3. The molecule has 6 atom stereocenters. The summed E-state index contributed by atoms with van der Waals surface area (Å²) in [4.78, 5) is 31.3. The summed E-state index contributed by atoms with van der Waals surface area (Å²) in [5, 5.41) is 24.7. The van der Waals surface area contributed by atoms with Crippen LogP contribution in [-0.2, 0) is 23.4 Å². The molecule has 3 aromatic rings. The van der Waals surface area contributed by atoms with Gasteiger partial charge in [0.15, 0.2) is 11.9 Å². The Morgan fingerprint density at radius 3 is 2.68 bits per heavy atom. The summed E-state index contributed by atoms with van der Waals surface area (Å²) in [5.41, 5.74) is 2.92. The molecule has 1 aliphatic heterocycles. The van der Waals surface area contributed by atoms with Crippen molar-refractivity contribution in [2.75, 3.05) is 18.5 Å². The summed E-state index contributed by atoms with van der Waals surface area (Å²) in [6.45, 7) is 4.36. The lowest BCUT2D eigenvalue weighted by molar-refractivity contribution is -0.151. The molecular formula is C26H30ClN4O9P. The third kappa shape index (κ3) is 6.59. The number of benzene rings is 1. The van der Waals surface area contributed by atoms with E-state index in [0.717, 1.165) is 0 Å². The average Bonchev–Trinajstić information content (AvgIpc) is 3.42. The first-order valence-corrected chi connectivity index (χ1v) is 14.7. The maximum Gasteiger partial charge on any atom is 0.380 e. The van der Waals surface area contributed by atoms with Gasteiger partial charge in [0.1, 0.15) is 18.0 Å². The summed E-state index contributed by atoms with van der Waals surface area (Å²) >= 11 is 5.62. The maximum atomic E-state index is 13.9. The Morgan fingerprint density at radius 1 is 1.32 bits per heavy atom. The van der Waals surface area contributed by atoms with Gasteiger partial charge < -0.3 is 34.5 Å². The lowest BCUT2D eigenvalue weighted by atomic mass is 9.95. The van der Waals surface area contributed by atoms with Crippen LogP contribution in [0.4, 0.5) is 5.95 Å². The van der Waals surface area contributed by atoms with Crippen LogP contribution in [0.5, 0.6) is 5.75 Å². The summed E-state index contributed by atoms with van der Waals surface area (Å²) < 4.78 is 37.8. The van der Waals surface area contributed by atoms with Crippen molar-refractivity contribution in [2.24, 2.45) is 5.92 Å². The number of fused-ring (bicyclic) bond motifs is 1. The molecule has 0 aliphatic carbocycles. The molecular weight excluding hydrogens is 579 g/mol. The van der Waals surface area contributed by atoms with E-state index in [1.165, 1.54) is 23.8 Å². The molecule has 3 heterocycles. The van der Waals surface area contributed by atoms with Crippen LogP contribution in [-0.4, -0.2) is 67.4 Å². The fourth-order valence-electron chi connectivity index (χ4n) is 4.35. The van der Waals surface area contributed by atoms with Crippen LogP contribution in [0.2, 0.25) is 0 Å². The van der Waals surface area contributed by atoms with Gasteiger partial charge in [-0.2, -0.15) is 4.98 Å². The van der Waals surface area contributed by atoms with Gasteiger partial charge in [0.25, 0.3) is 5.56 Å². The van der Waals surface area contributed by atoms with Crippen molar-refractivity contribution >= 4 is 42.1 Å². The molecule has 1 unspecified atom stereocenters. The number of aliphatic hydroxyl groups is 2. The summed E-state index contributed by atoms with van der Waals surface area (Å²) in [7, 11) is -4.08. The smallest absolute Gasteiger partial charge is 0.380 e. The zero-order valence-corrected chi connectivity index (χ0v) is 24.0. The molecule has 15 heteroatoms. The van der Waals surface area contributed by atoms with Crippen molar-refractivity contribution in [3.05, 3.63) is 52.9 Å². The van der Waals surface area contributed by atoms with Crippen LogP contribution in [0.3, 0.4) is 0 Å². The Labute approximate surface area is 240 Å². The number of H-pyrrole nitrogens is 1. The lowest BCUT2D eigenvalue weighted by Crippen LogP contribution is -2.46. The molecule has 4 rings (SSSR count). The number of nitrogens with one attached hydrogen (secondary N) is 1. The number of nitrogens with zero attached hydrogens (tertiary/aromatic N) is 2. The number of hydrogen-bond donors (Lipinski definition) is 4. The van der Waals surface area contributed by atoms with E-state index < -0.39 is 55.7 Å². The van der Waals surface area contributed by atoms with E-state index in [4.69, 9.17) is 35.9 Å². The SMILES string of the molecule is CC(C)OC(=O)[C@H](C)C[P@](=O)(OC[C@H]1O[C@@H](n2ccc3c(=O)[nH]c(N)nc32)C(O)(C#CCl)[C@H]1O)Oc1ccccc1. The molecule has 1 aromatic carbocycles. The van der Waals surface area contributed by atoms with Gasteiger partial charge in [-0.1, -0.05) is 25.1 Å². The highest BCUT2D eigenvalue weighted by Crippen LogP contribution is 2.51. The number of ether oxygens (including phenoxy) is 2. The molecule has 5 N–H and O–H groups in total. The predicted octanol–water partition coefficient (Wildman–Crippen LogP) is 2.37. The van der Waals surface area contributed by atoms with E-state index in [-0.39, 0.29) is 35.0 Å². The minimum atomic E-state index is -4.08. The molecule has 2 aromatic heterocycles. The second-order valence-corrected chi connectivity index (χ2v) is 12.0. The van der Waals surface area contributed by atoms with Gasteiger partial charge in [-0.15, -0.1) is 0 Å². The quantitative estimate of drug-likeness (QED) is 0.150. The normalized spacial score (nSPS) is 24.4. The van der Waals surface area contributed by atoms with Gasteiger partial charge in [-0.25, -0.2) is 4.57 Å². The van der Waals surface area contributed by atoms with E-state index in [1.54, 1.807) is 44.2 Å². The van der Waals surface area contributed by atoms with Crippen LogP contribution >= 0.6 is 19.2 Å². The summed E-state index contributed by atoms with van der Waals surface area (Å²) in [6, 6.07) is 9.64. The zero-order valence-electron chi connectivity index (χ0n) is 22.4. The number of aromatic amines is 1. The molecule has 220 valence electrons. The molecule has 0 amide bonds. The van der Waals surface area contributed by atoms with Gasteiger partial charge in [-0.3, -0.25) is 19.1 Å². The van der Waals surface area contributed by atoms with Gasteiger partial charge in [0.2, 0.25) is 11.5 Å². The first kappa shape index (κ1) is 30.6. The van der Waals surface area contributed by atoms with Gasteiger partial charge in [0.05, 0.1) is 30.2 Å². The minimum Gasteiger partial charge on any atom is -0.463 e. The molecule has 1 saturated heterocycles. The van der Waals surface area contributed by atoms with Crippen molar-refractivity contribution < 1.29 is 38.1 Å². The summed E-state index contributed by atoms with van der Waals surface area (Å²) in [5.74, 6) is 0.932. The number of para-hydroxylation sites is 1. The number of carbonyl (C=O) groups excluding carboxylic acids is 1. The number of halogens is 1. The number of rotatable bonds is 10. The van der Waals surface area contributed by atoms with E-state index in [2.05, 4.69) is 21.3 Å². The molecule has 1 fully saturated rings. The zero-order chi connectivity index (χ0) is 29.9. The Kier molecular flexibility index (Phi) is 9.13. The molecule has 41 heavy (non-hydrogen) atoms. The standard InChI is InChI=1S/C26H30ClN4O9P/c1-15(2)38-23(34)16(3)14-41(36,40-17-7-5-4-6-8-17)37-13-19-20(32)26(35,10-11-27)24(39-19)31-12-9-18-21(31)29-25(28)30-22(18)33/h4-9,12,15-16,19-20,24,32,35H,13-14H2,1-3H3,(H3,28,29,30,33)/t16-,19-,20+,24-,26?,41+/m1/s1. The highest BCUT2D eigenvalue weighted by atomic mass is 35.5. The van der Waals surface area contributed by atoms with Crippen molar-refractivity contribution in [2.45, 2.75) is 50.9 Å². The highest BCUT2D eigenvalue weighted by Gasteiger charge is 2.56. The van der Waals surface area contributed by atoms with Gasteiger partial charge >= 0.3 is 13.6 Å². The topological polar surface area (TPSA) is 188 Å². The molecule has 0 radical (unpaired) electrons. The van der Waals surface area contributed by atoms with Crippen molar-refractivity contribution in [3.8, 4) is 17.0 Å². The van der Waals surface area contributed by atoms with Crippen LogP contribution < -0.4 is 15.8 Å². The van der Waals surface area contributed by atoms with E-state index in [1.807, 2.05) is 0 Å². The molecule has 0 bridgehead atoms. The maximum absolute atomic E-state index is 13.9. The van der Waals surface area contributed by atoms with Crippen LogP contribution in [0.25, 0.3) is 11.0 Å². The first-order valence-electron chi connectivity index (χ1n) is 12.6. The van der Waals surface area contributed by atoms with Gasteiger partial charge in [-0.05, 0) is 49.6 Å². The minimum absolute atomic E-state index is 0.0513. The number of aliphatic hydroxyl groups excluding tert-OH is 1. The Morgan fingerprint density at radius 2 is 2.02 bits per heavy atom. The van der Waals surface area contributed by atoms with Crippen molar-refractivity contribution in [1.82, 2.24) is 14.5 Å². The third-order valence-electron chi connectivity index (χ3n) is 6.26. The van der Waals surface area contributed by atoms with E-state index in [9.17, 15) is 24.4 Å². The number of esters is 1. The third-order valence-corrected chi connectivity index (χ3v) is 8.38. The second-order valence-electron chi connectivity index (χ2n) is 9.81. The fraction of sp³-hybridized carbons (Fsp3) is 0.423. The van der Waals surface area contributed by atoms with Crippen LogP contribution in [0, 0.1) is 17.2 Å². The second kappa shape index (κ2) is 12.2. The Balaban J connectivity index is 1.62. The van der Waals surface area contributed by atoms with E-state index >= 15 is 0 Å². The lowest BCUT2D eigenvalue weighted by Gasteiger charge is -2.26. The van der Waals surface area contributed by atoms with Gasteiger partial charge in [0, 0.05) is 11.6 Å². The van der Waals surface area contributed by atoms with Crippen LogP contribution in [0.15, 0.2) is 47.4 Å². The highest BCUT2D eigenvalue weighted by molar-refractivity contribution is 7.54. The number of nitrogen functional groups attached to an aromatic ring is 1.